The fourth-order valence-corrected chi connectivity index (χ4v) is 1.45. The van der Waals surface area contributed by atoms with Gasteiger partial charge in [-0.1, -0.05) is 31.6 Å². The molecule has 1 aliphatic carbocycles. The van der Waals surface area contributed by atoms with E-state index in [2.05, 4.69) is 24.1 Å². The molecule has 0 saturated carbocycles. The first-order chi connectivity index (χ1) is 7.25. The zero-order chi connectivity index (χ0) is 11.3. The van der Waals surface area contributed by atoms with Gasteiger partial charge >= 0.3 is 0 Å². The lowest BCUT2D eigenvalue weighted by molar-refractivity contribution is 1.20. The highest BCUT2D eigenvalue weighted by Crippen LogP contribution is 2.17. The van der Waals surface area contributed by atoms with E-state index in [1.165, 1.54) is 5.57 Å². The summed E-state index contributed by atoms with van der Waals surface area (Å²) < 4.78 is 0. The average Bonchev–Trinajstić information content (AvgIpc) is 2.42. The smallest absolute Gasteiger partial charge is 0.248 e. The lowest BCUT2D eigenvalue weighted by Crippen LogP contribution is -2.05. The Morgan fingerprint density at radius 3 is 2.73 bits per heavy atom. The number of aromatic nitrogens is 1. The number of allylic oxidation sites excluding steroid dienone is 2. The molecule has 0 radical (unpaired) electrons. The minimum absolute atomic E-state index is 0.0450. The molecule has 0 amide bonds. The van der Waals surface area contributed by atoms with E-state index in [4.69, 9.17) is 0 Å². The molecule has 15 heavy (non-hydrogen) atoms. The Morgan fingerprint density at radius 2 is 2.00 bits per heavy atom. The van der Waals surface area contributed by atoms with Crippen molar-refractivity contribution < 1.29 is 0 Å². The summed E-state index contributed by atoms with van der Waals surface area (Å²) in [4.78, 5) is 13.8. The van der Waals surface area contributed by atoms with Gasteiger partial charge in [0.1, 0.15) is 0 Å². The number of rotatable bonds is 0. The maximum absolute atomic E-state index is 11.0. The lowest BCUT2D eigenvalue weighted by atomic mass is 10.1. The van der Waals surface area contributed by atoms with Crippen molar-refractivity contribution in [2.75, 3.05) is 0 Å². The molecule has 0 unspecified atom stereocenters. The molecular formula is C13H17NO. The molecule has 0 saturated heterocycles. The highest BCUT2D eigenvalue weighted by molar-refractivity contribution is 5.66. The molecular weight excluding hydrogens is 186 g/mol. The molecule has 1 aromatic rings. The van der Waals surface area contributed by atoms with Crippen molar-refractivity contribution in [2.24, 2.45) is 0 Å². The van der Waals surface area contributed by atoms with Crippen molar-refractivity contribution in [1.82, 2.24) is 4.98 Å². The van der Waals surface area contributed by atoms with Crippen molar-refractivity contribution in [1.29, 1.82) is 0 Å². The Morgan fingerprint density at radius 1 is 1.27 bits per heavy atom. The van der Waals surface area contributed by atoms with Crippen molar-refractivity contribution in [3.63, 3.8) is 0 Å². The largest absolute Gasteiger partial charge is 0.322 e. The minimum Gasteiger partial charge on any atom is -0.322 e. The zero-order valence-electron chi connectivity index (χ0n) is 9.50. The van der Waals surface area contributed by atoms with Gasteiger partial charge in [-0.15, -0.1) is 0 Å². The van der Waals surface area contributed by atoms with Gasteiger partial charge in [-0.2, -0.15) is 0 Å². The van der Waals surface area contributed by atoms with Crippen LogP contribution in [0.4, 0.5) is 0 Å². The van der Waals surface area contributed by atoms with Gasteiger partial charge in [-0.25, -0.2) is 0 Å². The zero-order valence-corrected chi connectivity index (χ0v) is 9.50. The monoisotopic (exact) mass is 203 g/mol. The summed E-state index contributed by atoms with van der Waals surface area (Å²) >= 11 is 0. The Kier molecular flexibility index (Phi) is 4.10. The van der Waals surface area contributed by atoms with Crippen LogP contribution < -0.4 is 5.56 Å². The topological polar surface area (TPSA) is 32.9 Å². The molecule has 2 rings (SSSR count). The van der Waals surface area contributed by atoms with Crippen molar-refractivity contribution in [2.45, 2.75) is 27.2 Å². The normalized spacial score (nSPS) is 13.1. The third-order valence-corrected chi connectivity index (χ3v) is 2.11. The molecule has 0 atom stereocenters. The molecule has 2 nitrogen and oxygen atoms in total. The second-order valence-electron chi connectivity index (χ2n) is 3.29. The van der Waals surface area contributed by atoms with Gasteiger partial charge in [0.25, 0.3) is 0 Å². The molecule has 1 heterocycles. The Balaban J connectivity index is 0.000000531. The summed E-state index contributed by atoms with van der Waals surface area (Å²) in [7, 11) is 0. The number of pyridine rings is 1. The quantitative estimate of drug-likeness (QED) is 0.690. The molecule has 0 aliphatic heterocycles. The summed E-state index contributed by atoms with van der Waals surface area (Å²) in [6, 6.07) is 3.41. The van der Waals surface area contributed by atoms with Crippen LogP contribution in [0.15, 0.2) is 28.6 Å². The summed E-state index contributed by atoms with van der Waals surface area (Å²) in [5.41, 5.74) is 3.26. The SMILES string of the molecule is CC.CC1=Cc2ccc(=O)[nH]c2C=CC1. The summed E-state index contributed by atoms with van der Waals surface area (Å²) in [6.45, 7) is 6.09. The molecule has 1 N–H and O–H groups in total. The summed E-state index contributed by atoms with van der Waals surface area (Å²) in [5, 5.41) is 0. The number of hydrogen-bond acceptors (Lipinski definition) is 1. The molecule has 0 bridgehead atoms. The molecule has 0 aromatic carbocycles. The van der Waals surface area contributed by atoms with Gasteiger partial charge < -0.3 is 4.98 Å². The number of H-pyrrole nitrogens is 1. The molecule has 1 aromatic heterocycles. The maximum atomic E-state index is 11.0. The van der Waals surface area contributed by atoms with E-state index in [9.17, 15) is 4.79 Å². The number of aromatic amines is 1. The third kappa shape index (κ3) is 2.94. The molecule has 0 spiro atoms. The minimum atomic E-state index is -0.0450. The van der Waals surface area contributed by atoms with Crippen LogP contribution in [-0.4, -0.2) is 4.98 Å². The van der Waals surface area contributed by atoms with Crippen molar-refractivity contribution in [3.05, 3.63) is 45.4 Å². The number of hydrogen-bond donors (Lipinski definition) is 1. The second-order valence-corrected chi connectivity index (χ2v) is 3.29. The summed E-state index contributed by atoms with van der Waals surface area (Å²) in [5.74, 6) is 0. The fourth-order valence-electron chi connectivity index (χ4n) is 1.45. The Hall–Kier alpha value is -1.57. The molecule has 1 aliphatic rings. The van der Waals surface area contributed by atoms with E-state index in [1.54, 1.807) is 6.07 Å². The lowest BCUT2D eigenvalue weighted by Gasteiger charge is -1.98. The Bertz CT molecular complexity index is 438. The van der Waals surface area contributed by atoms with E-state index in [0.717, 1.165) is 17.7 Å². The van der Waals surface area contributed by atoms with Crippen LogP contribution in [0.5, 0.6) is 0 Å². The van der Waals surface area contributed by atoms with E-state index in [1.807, 2.05) is 26.0 Å². The van der Waals surface area contributed by atoms with Gasteiger partial charge in [0, 0.05) is 11.8 Å². The Labute approximate surface area is 90.4 Å². The molecule has 0 fully saturated rings. The molecule has 2 heteroatoms. The second kappa shape index (κ2) is 5.35. The van der Waals surface area contributed by atoms with Crippen molar-refractivity contribution in [3.8, 4) is 0 Å². The first kappa shape index (κ1) is 11.5. The predicted octanol–water partition coefficient (Wildman–Crippen LogP) is 3.22. The first-order valence-corrected chi connectivity index (χ1v) is 5.33. The predicted molar refractivity (Wildman–Crippen MR) is 65.7 cm³/mol. The van der Waals surface area contributed by atoms with Crippen LogP contribution in [0, 0.1) is 0 Å². The fraction of sp³-hybridized carbons (Fsp3) is 0.308. The van der Waals surface area contributed by atoms with E-state index in [0.29, 0.717) is 0 Å². The van der Waals surface area contributed by atoms with Crippen LogP contribution in [-0.2, 0) is 0 Å². The van der Waals surface area contributed by atoms with Crippen LogP contribution in [0.2, 0.25) is 0 Å². The van der Waals surface area contributed by atoms with Crippen molar-refractivity contribution >= 4 is 12.2 Å². The maximum Gasteiger partial charge on any atom is 0.248 e. The van der Waals surface area contributed by atoms with Gasteiger partial charge in [-0.05, 0) is 31.1 Å². The van der Waals surface area contributed by atoms with Crippen LogP contribution in [0.1, 0.15) is 38.4 Å². The summed E-state index contributed by atoms with van der Waals surface area (Å²) in [6.07, 6.45) is 7.08. The van der Waals surface area contributed by atoms with Gasteiger partial charge in [0.05, 0.1) is 0 Å². The van der Waals surface area contributed by atoms with Gasteiger partial charge in [0.2, 0.25) is 5.56 Å². The standard InChI is InChI=1S/C11H11NO.C2H6/c1-8-3-2-4-10-9(7-8)5-6-11(13)12-10;1-2/h2,4-7H,3H2,1H3,(H,12,13);1-2H3. The van der Waals surface area contributed by atoms with E-state index < -0.39 is 0 Å². The number of nitrogens with one attached hydrogen (secondary N) is 1. The first-order valence-electron chi connectivity index (χ1n) is 5.33. The van der Waals surface area contributed by atoms with Crippen LogP contribution >= 0.6 is 0 Å². The van der Waals surface area contributed by atoms with Crippen LogP contribution in [0.3, 0.4) is 0 Å². The third-order valence-electron chi connectivity index (χ3n) is 2.11. The average molecular weight is 203 g/mol. The van der Waals surface area contributed by atoms with E-state index >= 15 is 0 Å². The number of fused-ring (bicyclic) bond motifs is 1. The van der Waals surface area contributed by atoms with Crippen LogP contribution in [0.25, 0.3) is 12.2 Å². The van der Waals surface area contributed by atoms with Gasteiger partial charge in [-0.3, -0.25) is 4.79 Å². The highest BCUT2D eigenvalue weighted by atomic mass is 16.1. The molecule has 80 valence electrons. The highest BCUT2D eigenvalue weighted by Gasteiger charge is 2.01. The van der Waals surface area contributed by atoms with E-state index in [-0.39, 0.29) is 5.56 Å². The van der Waals surface area contributed by atoms with Gasteiger partial charge in [0.15, 0.2) is 0 Å².